The zero-order valence-corrected chi connectivity index (χ0v) is 15.7. The summed E-state index contributed by atoms with van der Waals surface area (Å²) in [5, 5.41) is 21.1. The molecule has 3 N–H and O–H groups in total. The first-order chi connectivity index (χ1) is 12.4. The van der Waals surface area contributed by atoms with Crippen molar-refractivity contribution in [1.29, 1.82) is 0 Å². The summed E-state index contributed by atoms with van der Waals surface area (Å²) in [6, 6.07) is 9.99. The topological polar surface area (TPSA) is 94.9 Å². The molecule has 2 aromatic carbocycles. The van der Waals surface area contributed by atoms with E-state index in [1.807, 2.05) is 13.0 Å². The number of aromatic nitrogens is 1. The second-order valence-electron chi connectivity index (χ2n) is 5.79. The molecule has 0 fully saturated rings. The van der Waals surface area contributed by atoms with Crippen LogP contribution < -0.4 is 10.3 Å². The van der Waals surface area contributed by atoms with Crippen molar-refractivity contribution in [2.75, 3.05) is 7.11 Å². The molecule has 0 radical (unpaired) electrons. The predicted octanol–water partition coefficient (Wildman–Crippen LogP) is 3.89. The van der Waals surface area contributed by atoms with Crippen LogP contribution in [0.2, 0.25) is 0 Å². The van der Waals surface area contributed by atoms with Crippen LogP contribution in [0.1, 0.15) is 24.1 Å². The molecule has 26 heavy (non-hydrogen) atoms. The van der Waals surface area contributed by atoms with Gasteiger partial charge in [-0.15, -0.1) is 0 Å². The number of phenolic OH excluding ortho intramolecular Hbond substituents is 1. The molecule has 7 heteroatoms. The molecule has 1 unspecified atom stereocenters. The van der Waals surface area contributed by atoms with Gasteiger partial charge in [-0.05, 0) is 42.8 Å². The van der Waals surface area contributed by atoms with Gasteiger partial charge in [0.1, 0.15) is 0 Å². The molecule has 1 heterocycles. The number of pyridine rings is 1. The summed E-state index contributed by atoms with van der Waals surface area (Å²) in [6.45, 7) is 1.86. The van der Waals surface area contributed by atoms with Crippen molar-refractivity contribution in [1.82, 2.24) is 4.98 Å². The van der Waals surface area contributed by atoms with E-state index in [4.69, 9.17) is 4.74 Å². The van der Waals surface area contributed by atoms with Crippen LogP contribution in [0.5, 0.6) is 17.4 Å². The Kier molecular flexibility index (Phi) is 4.99. The van der Waals surface area contributed by atoms with Crippen LogP contribution in [-0.2, 0) is 0 Å². The Bertz CT molecular complexity index is 1060. The molecule has 3 rings (SSSR count). The molecular weight excluding hydrogens is 400 g/mol. The number of phenols is 1. The maximum absolute atomic E-state index is 12.0. The first-order valence-corrected chi connectivity index (χ1v) is 8.64. The second kappa shape index (κ2) is 7.21. The van der Waals surface area contributed by atoms with Crippen LogP contribution in [0.25, 0.3) is 10.8 Å². The van der Waals surface area contributed by atoms with E-state index in [9.17, 15) is 15.0 Å². The van der Waals surface area contributed by atoms with Crippen LogP contribution in [0.4, 0.5) is 0 Å². The Hall–Kier alpha value is -2.80. The SMILES string of the molecule is COc1ccc(C(C)N=Cc2c(O)[nH]c(=O)c3ccc(Br)cc23)cc1O. The zero-order valence-electron chi connectivity index (χ0n) is 14.2. The number of aromatic amines is 1. The smallest absolute Gasteiger partial charge is 0.258 e. The third kappa shape index (κ3) is 3.43. The number of aliphatic imine (C=N–C) groups is 1. The number of hydrogen-bond donors (Lipinski definition) is 3. The summed E-state index contributed by atoms with van der Waals surface area (Å²) >= 11 is 3.38. The maximum atomic E-state index is 12.0. The van der Waals surface area contributed by atoms with Gasteiger partial charge in [0, 0.05) is 21.5 Å². The lowest BCUT2D eigenvalue weighted by Gasteiger charge is -2.10. The van der Waals surface area contributed by atoms with Gasteiger partial charge in [0.2, 0.25) is 5.88 Å². The summed E-state index contributed by atoms with van der Waals surface area (Å²) in [7, 11) is 1.48. The van der Waals surface area contributed by atoms with Crippen LogP contribution in [-0.4, -0.2) is 28.5 Å². The van der Waals surface area contributed by atoms with E-state index < -0.39 is 0 Å². The van der Waals surface area contributed by atoms with Crippen molar-refractivity contribution >= 4 is 32.9 Å². The van der Waals surface area contributed by atoms with Crippen molar-refractivity contribution in [3.05, 3.63) is 62.4 Å². The van der Waals surface area contributed by atoms with Crippen LogP contribution >= 0.6 is 15.9 Å². The number of H-pyrrole nitrogens is 1. The molecule has 1 atom stereocenters. The van der Waals surface area contributed by atoms with Crippen LogP contribution in [0.15, 0.2) is 50.7 Å². The zero-order chi connectivity index (χ0) is 18.8. The number of benzene rings is 2. The molecule has 0 saturated carbocycles. The fourth-order valence-corrected chi connectivity index (χ4v) is 3.04. The van der Waals surface area contributed by atoms with Crippen LogP contribution in [0, 0.1) is 0 Å². The quantitative estimate of drug-likeness (QED) is 0.562. The number of hydrogen-bond acceptors (Lipinski definition) is 5. The molecule has 1 aromatic heterocycles. The highest BCUT2D eigenvalue weighted by Gasteiger charge is 2.12. The van der Waals surface area contributed by atoms with Crippen LogP contribution in [0.3, 0.4) is 0 Å². The average Bonchev–Trinajstić information content (AvgIpc) is 2.60. The Balaban J connectivity index is 2.01. The van der Waals surface area contributed by atoms with Gasteiger partial charge in [0.15, 0.2) is 11.5 Å². The Morgan fingerprint density at radius 3 is 2.65 bits per heavy atom. The van der Waals surface area contributed by atoms with Gasteiger partial charge < -0.3 is 14.9 Å². The number of methoxy groups -OCH3 is 1. The monoisotopic (exact) mass is 416 g/mol. The number of rotatable bonds is 4. The second-order valence-corrected chi connectivity index (χ2v) is 6.71. The Morgan fingerprint density at radius 1 is 1.19 bits per heavy atom. The lowest BCUT2D eigenvalue weighted by atomic mass is 10.1. The summed E-state index contributed by atoms with van der Waals surface area (Å²) < 4.78 is 5.83. The largest absolute Gasteiger partial charge is 0.504 e. The third-order valence-corrected chi connectivity index (χ3v) is 4.61. The highest BCUT2D eigenvalue weighted by molar-refractivity contribution is 9.10. The van der Waals surface area contributed by atoms with E-state index in [1.165, 1.54) is 13.3 Å². The maximum Gasteiger partial charge on any atom is 0.258 e. The van der Waals surface area contributed by atoms with Crippen molar-refractivity contribution < 1.29 is 14.9 Å². The Morgan fingerprint density at radius 2 is 1.96 bits per heavy atom. The molecule has 6 nitrogen and oxygen atoms in total. The van der Waals surface area contributed by atoms with E-state index in [1.54, 1.807) is 30.3 Å². The van der Waals surface area contributed by atoms with Gasteiger partial charge in [0.25, 0.3) is 5.56 Å². The van der Waals surface area contributed by atoms with Gasteiger partial charge in [-0.25, -0.2) is 0 Å². The molecule has 0 saturated heterocycles. The minimum Gasteiger partial charge on any atom is -0.504 e. The highest BCUT2D eigenvalue weighted by atomic mass is 79.9. The van der Waals surface area contributed by atoms with Gasteiger partial charge >= 0.3 is 0 Å². The molecule has 0 aliphatic heterocycles. The minimum absolute atomic E-state index is 0.0355. The minimum atomic E-state index is -0.365. The van der Waals surface area contributed by atoms with Gasteiger partial charge in [-0.2, -0.15) is 0 Å². The number of fused-ring (bicyclic) bond motifs is 1. The highest BCUT2D eigenvalue weighted by Crippen LogP contribution is 2.30. The van der Waals surface area contributed by atoms with E-state index in [-0.39, 0.29) is 23.2 Å². The first-order valence-electron chi connectivity index (χ1n) is 7.85. The standard InChI is InChI=1S/C19H17BrN2O4/c1-10(11-3-6-17(26-2)16(23)7-11)21-9-15-14-8-12(20)4-5-13(14)18(24)22-19(15)25/h3-10,23H,1-2H3,(H2,22,24,25). The van der Waals surface area contributed by atoms with Crippen molar-refractivity contribution in [3.63, 3.8) is 0 Å². The van der Waals surface area contributed by atoms with Crippen molar-refractivity contribution in [2.45, 2.75) is 13.0 Å². The molecule has 0 spiro atoms. The molecule has 3 aromatic rings. The van der Waals surface area contributed by atoms with Gasteiger partial charge in [-0.3, -0.25) is 14.8 Å². The number of ether oxygens (including phenoxy) is 1. The van der Waals surface area contributed by atoms with Gasteiger partial charge in [-0.1, -0.05) is 22.0 Å². The fourth-order valence-electron chi connectivity index (χ4n) is 2.68. The molecule has 0 amide bonds. The summed E-state index contributed by atoms with van der Waals surface area (Å²) in [5.41, 5.74) is 0.842. The number of halogens is 1. The lowest BCUT2D eigenvalue weighted by Crippen LogP contribution is -2.08. The number of nitrogens with zero attached hydrogens (tertiary/aromatic N) is 1. The van der Waals surface area contributed by atoms with E-state index in [0.717, 1.165) is 10.0 Å². The average molecular weight is 417 g/mol. The third-order valence-electron chi connectivity index (χ3n) is 4.12. The molecular formula is C19H17BrN2O4. The fraction of sp³-hybridized carbons (Fsp3) is 0.158. The molecule has 0 aliphatic rings. The summed E-state index contributed by atoms with van der Waals surface area (Å²) in [5.74, 6) is 0.182. The molecule has 0 bridgehead atoms. The van der Waals surface area contributed by atoms with Crippen molar-refractivity contribution in [2.24, 2.45) is 4.99 Å². The lowest BCUT2D eigenvalue weighted by molar-refractivity contribution is 0.373. The first kappa shape index (κ1) is 18.0. The van der Waals surface area contributed by atoms with Gasteiger partial charge in [0.05, 0.1) is 18.7 Å². The normalized spacial score (nSPS) is 12.6. The van der Waals surface area contributed by atoms with E-state index in [0.29, 0.717) is 22.1 Å². The number of nitrogens with one attached hydrogen (secondary N) is 1. The summed E-state index contributed by atoms with van der Waals surface area (Å²) in [6.07, 6.45) is 1.52. The van der Waals surface area contributed by atoms with E-state index >= 15 is 0 Å². The molecule has 0 aliphatic carbocycles. The molecule has 134 valence electrons. The predicted molar refractivity (Wildman–Crippen MR) is 105 cm³/mol. The Labute approximate surface area is 157 Å². The van der Waals surface area contributed by atoms with Crippen molar-refractivity contribution in [3.8, 4) is 17.4 Å². The number of aromatic hydroxyl groups is 2. The summed E-state index contributed by atoms with van der Waals surface area (Å²) in [4.78, 5) is 18.9. The van der Waals surface area contributed by atoms with E-state index in [2.05, 4.69) is 25.9 Å².